The molecule has 5 nitrogen and oxygen atoms in total. The summed E-state index contributed by atoms with van der Waals surface area (Å²) in [6, 6.07) is 13.3. The van der Waals surface area contributed by atoms with Crippen molar-refractivity contribution in [1.29, 1.82) is 0 Å². The average Bonchev–Trinajstić information content (AvgIpc) is 3.14. The number of hydrogen-bond acceptors (Lipinski definition) is 5. The van der Waals surface area contributed by atoms with Gasteiger partial charge in [-0.15, -0.1) is 11.3 Å². The fourth-order valence-corrected chi connectivity index (χ4v) is 3.50. The highest BCUT2D eigenvalue weighted by atomic mass is 79.9. The topological polar surface area (TPSA) is 60.5 Å². The van der Waals surface area contributed by atoms with Gasteiger partial charge in [0.15, 0.2) is 5.13 Å². The number of rotatable bonds is 6. The minimum Gasteiger partial charge on any atom is -0.497 e. The number of hydrogen-bond donors (Lipinski definition) is 1. The standard InChI is InChI=1S/C20H17BrN2O3S/c1-25-16-8-6-13(18(11-16)26-2)7-9-19(24)23-20-22-17(12-27-20)14-4-3-5-15(21)10-14/h3-12H,1-2H3,(H,22,23,24)/b9-7+. The number of halogens is 1. The highest BCUT2D eigenvalue weighted by Gasteiger charge is 2.08. The van der Waals surface area contributed by atoms with Gasteiger partial charge in [-0.05, 0) is 30.3 Å². The SMILES string of the molecule is COc1ccc(/C=C/C(=O)Nc2nc(-c3cccc(Br)c3)cs2)c(OC)c1. The number of ether oxygens (including phenoxy) is 2. The maximum atomic E-state index is 12.2. The van der Waals surface area contributed by atoms with Crippen molar-refractivity contribution in [3.63, 3.8) is 0 Å². The zero-order chi connectivity index (χ0) is 19.2. The fourth-order valence-electron chi connectivity index (χ4n) is 2.38. The Bertz CT molecular complexity index is 985. The number of amides is 1. The quantitative estimate of drug-likeness (QED) is 0.527. The summed E-state index contributed by atoms with van der Waals surface area (Å²) >= 11 is 4.83. The normalized spacial score (nSPS) is 10.8. The van der Waals surface area contributed by atoms with Crippen LogP contribution in [0.1, 0.15) is 5.56 Å². The van der Waals surface area contributed by atoms with Gasteiger partial charge in [0.25, 0.3) is 0 Å². The van der Waals surface area contributed by atoms with Crippen LogP contribution in [-0.4, -0.2) is 25.1 Å². The van der Waals surface area contributed by atoms with Crippen LogP contribution in [0.3, 0.4) is 0 Å². The number of aromatic nitrogens is 1. The Morgan fingerprint density at radius 1 is 1.19 bits per heavy atom. The van der Waals surface area contributed by atoms with E-state index in [1.807, 2.05) is 41.8 Å². The predicted octanol–water partition coefficient (Wildman–Crippen LogP) is 5.24. The van der Waals surface area contributed by atoms with Gasteiger partial charge in [0.1, 0.15) is 11.5 Å². The molecule has 0 aliphatic carbocycles. The average molecular weight is 445 g/mol. The van der Waals surface area contributed by atoms with Gasteiger partial charge in [0.05, 0.1) is 19.9 Å². The number of carbonyl (C=O) groups excluding carboxylic acids is 1. The number of anilines is 1. The fraction of sp³-hybridized carbons (Fsp3) is 0.100. The number of benzene rings is 2. The van der Waals surface area contributed by atoms with Crippen molar-refractivity contribution in [1.82, 2.24) is 4.98 Å². The lowest BCUT2D eigenvalue weighted by molar-refractivity contribution is -0.111. The van der Waals surface area contributed by atoms with E-state index in [0.29, 0.717) is 16.6 Å². The third kappa shape index (κ3) is 4.96. The molecule has 0 aliphatic rings. The monoisotopic (exact) mass is 444 g/mol. The first-order valence-corrected chi connectivity index (χ1v) is 9.69. The van der Waals surface area contributed by atoms with Crippen LogP contribution in [0, 0.1) is 0 Å². The molecule has 0 saturated heterocycles. The summed E-state index contributed by atoms with van der Waals surface area (Å²) < 4.78 is 11.5. The van der Waals surface area contributed by atoms with E-state index in [9.17, 15) is 4.79 Å². The van der Waals surface area contributed by atoms with E-state index in [0.717, 1.165) is 21.3 Å². The molecule has 1 N–H and O–H groups in total. The molecule has 1 amide bonds. The molecule has 0 fully saturated rings. The molecular formula is C20H17BrN2O3S. The van der Waals surface area contributed by atoms with Crippen LogP contribution in [-0.2, 0) is 4.79 Å². The number of nitrogens with one attached hydrogen (secondary N) is 1. The molecule has 0 saturated carbocycles. The summed E-state index contributed by atoms with van der Waals surface area (Å²) in [6.45, 7) is 0. The molecule has 1 heterocycles. The Kier molecular flexibility index (Phi) is 6.26. The van der Waals surface area contributed by atoms with Gasteiger partial charge in [-0.25, -0.2) is 4.98 Å². The number of nitrogens with zero attached hydrogens (tertiary/aromatic N) is 1. The molecule has 1 aromatic heterocycles. The maximum absolute atomic E-state index is 12.2. The molecule has 0 radical (unpaired) electrons. The maximum Gasteiger partial charge on any atom is 0.250 e. The third-order valence-electron chi connectivity index (χ3n) is 3.71. The summed E-state index contributed by atoms with van der Waals surface area (Å²) in [5, 5.41) is 5.23. The van der Waals surface area contributed by atoms with Crippen LogP contribution < -0.4 is 14.8 Å². The third-order valence-corrected chi connectivity index (χ3v) is 4.96. The second-order valence-corrected chi connectivity index (χ2v) is 7.25. The van der Waals surface area contributed by atoms with Crippen LogP contribution >= 0.6 is 27.3 Å². The van der Waals surface area contributed by atoms with Crippen molar-refractivity contribution >= 4 is 44.4 Å². The molecule has 0 aliphatic heterocycles. The van der Waals surface area contributed by atoms with Crippen molar-refractivity contribution in [2.24, 2.45) is 0 Å². The highest BCUT2D eigenvalue weighted by molar-refractivity contribution is 9.10. The molecular weight excluding hydrogens is 428 g/mol. The van der Waals surface area contributed by atoms with Crippen LogP contribution in [0.15, 0.2) is 58.4 Å². The molecule has 0 bridgehead atoms. The van der Waals surface area contributed by atoms with Crippen LogP contribution in [0.25, 0.3) is 17.3 Å². The van der Waals surface area contributed by atoms with Crippen molar-refractivity contribution in [2.45, 2.75) is 0 Å². The summed E-state index contributed by atoms with van der Waals surface area (Å²) in [5.74, 6) is 1.06. The largest absolute Gasteiger partial charge is 0.497 e. The Morgan fingerprint density at radius 3 is 2.78 bits per heavy atom. The van der Waals surface area contributed by atoms with E-state index in [-0.39, 0.29) is 5.91 Å². The smallest absolute Gasteiger partial charge is 0.250 e. The van der Waals surface area contributed by atoms with E-state index >= 15 is 0 Å². The van der Waals surface area contributed by atoms with Crippen LogP contribution in [0.5, 0.6) is 11.5 Å². The van der Waals surface area contributed by atoms with E-state index in [1.54, 1.807) is 26.4 Å². The minimum absolute atomic E-state index is 0.261. The second-order valence-electron chi connectivity index (χ2n) is 5.48. The van der Waals surface area contributed by atoms with Crippen LogP contribution in [0.2, 0.25) is 0 Å². The molecule has 0 atom stereocenters. The van der Waals surface area contributed by atoms with Gasteiger partial charge in [0.2, 0.25) is 5.91 Å². The zero-order valence-corrected chi connectivity index (χ0v) is 17.1. The molecule has 27 heavy (non-hydrogen) atoms. The van der Waals surface area contributed by atoms with Crippen molar-refractivity contribution < 1.29 is 14.3 Å². The predicted molar refractivity (Wildman–Crippen MR) is 112 cm³/mol. The number of thiazole rings is 1. The van der Waals surface area contributed by atoms with Gasteiger partial charge in [-0.3, -0.25) is 10.1 Å². The summed E-state index contributed by atoms with van der Waals surface area (Å²) in [6.07, 6.45) is 3.14. The number of methoxy groups -OCH3 is 2. The van der Waals surface area contributed by atoms with E-state index in [4.69, 9.17) is 9.47 Å². The van der Waals surface area contributed by atoms with Crippen LogP contribution in [0.4, 0.5) is 5.13 Å². The first-order valence-electron chi connectivity index (χ1n) is 8.01. The molecule has 0 spiro atoms. The molecule has 3 rings (SSSR count). The Balaban J connectivity index is 1.69. The summed E-state index contributed by atoms with van der Waals surface area (Å²) in [7, 11) is 3.17. The molecule has 2 aromatic carbocycles. The lowest BCUT2D eigenvalue weighted by Gasteiger charge is -2.07. The molecule has 7 heteroatoms. The lowest BCUT2D eigenvalue weighted by Crippen LogP contribution is -2.07. The Labute approximate surface area is 169 Å². The second kappa shape index (κ2) is 8.83. The van der Waals surface area contributed by atoms with Gasteiger partial charge >= 0.3 is 0 Å². The van der Waals surface area contributed by atoms with Gasteiger partial charge in [0, 0.05) is 33.1 Å². The first-order chi connectivity index (χ1) is 13.1. The van der Waals surface area contributed by atoms with E-state index in [1.165, 1.54) is 17.4 Å². The summed E-state index contributed by atoms with van der Waals surface area (Å²) in [4.78, 5) is 16.7. The molecule has 3 aromatic rings. The number of carbonyl (C=O) groups is 1. The Morgan fingerprint density at radius 2 is 2.04 bits per heavy atom. The zero-order valence-electron chi connectivity index (χ0n) is 14.7. The van der Waals surface area contributed by atoms with Gasteiger partial charge in [-0.2, -0.15) is 0 Å². The van der Waals surface area contributed by atoms with Gasteiger partial charge in [-0.1, -0.05) is 28.1 Å². The molecule has 138 valence electrons. The van der Waals surface area contributed by atoms with Gasteiger partial charge < -0.3 is 9.47 Å². The first kappa shape index (κ1) is 19.1. The van der Waals surface area contributed by atoms with Crippen molar-refractivity contribution in [3.05, 3.63) is 64.0 Å². The Hall–Kier alpha value is -2.64. The van der Waals surface area contributed by atoms with Crippen molar-refractivity contribution in [3.8, 4) is 22.8 Å². The van der Waals surface area contributed by atoms with E-state index < -0.39 is 0 Å². The van der Waals surface area contributed by atoms with Crippen molar-refractivity contribution in [2.75, 3.05) is 19.5 Å². The highest BCUT2D eigenvalue weighted by Crippen LogP contribution is 2.27. The summed E-state index contributed by atoms with van der Waals surface area (Å²) in [5.41, 5.74) is 2.58. The minimum atomic E-state index is -0.261. The molecule has 0 unspecified atom stereocenters. The van der Waals surface area contributed by atoms with E-state index in [2.05, 4.69) is 26.2 Å². The lowest BCUT2D eigenvalue weighted by atomic mass is 10.1.